The van der Waals surface area contributed by atoms with E-state index in [1.165, 1.54) is 0 Å². The molecule has 6 heteroatoms. The van der Waals surface area contributed by atoms with Crippen LogP contribution in [0.1, 0.15) is 20.7 Å². The summed E-state index contributed by atoms with van der Waals surface area (Å²) < 4.78 is 1.65. The summed E-state index contributed by atoms with van der Waals surface area (Å²) in [5.41, 5.74) is 3.11. The van der Waals surface area contributed by atoms with Gasteiger partial charge in [-0.05, 0) is 6.07 Å². The minimum absolute atomic E-state index is 0. The number of amides is 1. The van der Waals surface area contributed by atoms with Crippen LogP contribution >= 0.6 is 0 Å². The largest absolute Gasteiger partial charge is 1.00 e. The van der Waals surface area contributed by atoms with E-state index in [1.54, 1.807) is 41.2 Å². The van der Waals surface area contributed by atoms with Crippen molar-refractivity contribution < 1.29 is 31.1 Å². The summed E-state index contributed by atoms with van der Waals surface area (Å²) >= 11 is 0. The van der Waals surface area contributed by atoms with Gasteiger partial charge in [0.15, 0.2) is 12.4 Å². The molecule has 0 aliphatic heterocycles. The summed E-state index contributed by atoms with van der Waals surface area (Å²) in [6.07, 6.45) is 3.32. The molecule has 0 atom stereocenters. The van der Waals surface area contributed by atoms with E-state index in [2.05, 4.69) is 5.43 Å². The second-order valence-electron chi connectivity index (χ2n) is 4.03. The number of carbonyl (C=O) groups excluding carboxylic acids is 2. The number of pyridine rings is 1. The maximum atomic E-state index is 12.0. The van der Waals surface area contributed by atoms with Crippen LogP contribution in [0.15, 0.2) is 54.9 Å². The van der Waals surface area contributed by atoms with Crippen molar-refractivity contribution in [1.29, 1.82) is 0 Å². The standard InChI is InChI=1S/C14H13N3O2.BrH/c15-16-14(19)12-7-4-8-17(9-12)10-13(18)11-5-2-1-3-6-11;/h1-9H,10,15H2;1H. The lowest BCUT2D eigenvalue weighted by molar-refractivity contribution is -0.683. The van der Waals surface area contributed by atoms with E-state index >= 15 is 0 Å². The maximum Gasteiger partial charge on any atom is 0.271 e. The summed E-state index contributed by atoms with van der Waals surface area (Å²) in [5, 5.41) is 0. The van der Waals surface area contributed by atoms with Gasteiger partial charge in [0.05, 0.1) is 0 Å². The molecule has 2 aromatic rings. The van der Waals surface area contributed by atoms with Crippen LogP contribution in [-0.4, -0.2) is 11.7 Å². The van der Waals surface area contributed by atoms with Gasteiger partial charge in [0.2, 0.25) is 12.3 Å². The topological polar surface area (TPSA) is 76.1 Å². The molecule has 0 aliphatic carbocycles. The molecule has 1 amide bonds. The molecule has 104 valence electrons. The zero-order valence-corrected chi connectivity index (χ0v) is 12.2. The number of nitrogen functional groups attached to an aromatic ring is 1. The van der Waals surface area contributed by atoms with Gasteiger partial charge in [-0.2, -0.15) is 4.57 Å². The molecule has 1 aromatic carbocycles. The van der Waals surface area contributed by atoms with E-state index < -0.39 is 0 Å². The first-order chi connectivity index (χ1) is 9.20. The highest BCUT2D eigenvalue weighted by molar-refractivity contribution is 5.95. The highest BCUT2D eigenvalue weighted by atomic mass is 79.9. The van der Waals surface area contributed by atoms with Crippen LogP contribution in [-0.2, 0) is 6.54 Å². The Morgan fingerprint density at radius 2 is 1.70 bits per heavy atom. The highest BCUT2D eigenvalue weighted by Crippen LogP contribution is 2.00. The third-order valence-electron chi connectivity index (χ3n) is 2.67. The smallest absolute Gasteiger partial charge is 0.271 e. The fourth-order valence-corrected chi connectivity index (χ4v) is 1.72. The van der Waals surface area contributed by atoms with Gasteiger partial charge in [0.25, 0.3) is 5.91 Å². The van der Waals surface area contributed by atoms with Crippen LogP contribution in [0.2, 0.25) is 0 Å². The number of ketones is 1. The number of rotatable bonds is 4. The molecule has 0 radical (unpaired) electrons. The minimum atomic E-state index is -0.387. The van der Waals surface area contributed by atoms with Gasteiger partial charge in [0, 0.05) is 11.6 Å². The Labute approximate surface area is 127 Å². The van der Waals surface area contributed by atoms with E-state index in [0.29, 0.717) is 11.1 Å². The predicted octanol–water partition coefficient (Wildman–Crippen LogP) is -2.54. The average molecular weight is 336 g/mol. The molecule has 0 bridgehead atoms. The number of nitrogens with zero attached hydrogens (tertiary/aromatic N) is 1. The van der Waals surface area contributed by atoms with Gasteiger partial charge in [-0.1, -0.05) is 30.3 Å². The first-order valence-electron chi connectivity index (χ1n) is 5.79. The molecule has 2 rings (SSSR count). The van der Waals surface area contributed by atoms with E-state index in [-0.39, 0.29) is 35.2 Å². The Morgan fingerprint density at radius 1 is 1.05 bits per heavy atom. The fourth-order valence-electron chi connectivity index (χ4n) is 1.72. The molecular weight excluding hydrogens is 322 g/mol. The molecule has 0 fully saturated rings. The van der Waals surface area contributed by atoms with Crippen LogP contribution < -0.4 is 32.8 Å². The SMILES string of the molecule is NNC(=O)c1ccc[n+](CC(=O)c2ccccc2)c1.[Br-]. The Morgan fingerprint density at radius 3 is 2.35 bits per heavy atom. The predicted molar refractivity (Wildman–Crippen MR) is 69.1 cm³/mol. The quantitative estimate of drug-likeness (QED) is 0.213. The number of nitrogens with one attached hydrogen (secondary N) is 1. The molecule has 0 spiro atoms. The highest BCUT2D eigenvalue weighted by Gasteiger charge is 2.14. The van der Waals surface area contributed by atoms with E-state index in [4.69, 9.17) is 5.84 Å². The molecule has 5 nitrogen and oxygen atoms in total. The lowest BCUT2D eigenvalue weighted by Crippen LogP contribution is -3.00. The molecule has 1 aromatic heterocycles. The summed E-state index contributed by atoms with van der Waals surface area (Å²) in [4.78, 5) is 23.4. The molecule has 3 N–H and O–H groups in total. The van der Waals surface area contributed by atoms with Crippen LogP contribution in [0.5, 0.6) is 0 Å². The summed E-state index contributed by atoms with van der Waals surface area (Å²) in [6, 6.07) is 12.3. The summed E-state index contributed by atoms with van der Waals surface area (Å²) in [7, 11) is 0. The molecular formula is C14H14BrN3O2. The fraction of sp³-hybridized carbons (Fsp3) is 0.0714. The van der Waals surface area contributed by atoms with Gasteiger partial charge < -0.3 is 17.0 Å². The van der Waals surface area contributed by atoms with Gasteiger partial charge in [0.1, 0.15) is 5.56 Å². The Hall–Kier alpha value is -2.05. The van der Waals surface area contributed by atoms with Crippen molar-refractivity contribution in [2.24, 2.45) is 5.84 Å². The summed E-state index contributed by atoms with van der Waals surface area (Å²) in [6.45, 7) is 0.176. The number of benzene rings is 1. The number of Topliss-reactive ketones (excluding diaryl/α,β-unsaturated/α-hetero) is 1. The molecule has 1 heterocycles. The van der Waals surface area contributed by atoms with E-state index in [1.807, 2.05) is 18.2 Å². The maximum absolute atomic E-state index is 12.0. The number of halogens is 1. The number of hydrazine groups is 1. The third kappa shape index (κ3) is 3.97. The Balaban J connectivity index is 0.00000200. The zero-order valence-electron chi connectivity index (χ0n) is 10.6. The molecule has 20 heavy (non-hydrogen) atoms. The van der Waals surface area contributed by atoms with E-state index in [0.717, 1.165) is 0 Å². The summed E-state index contributed by atoms with van der Waals surface area (Å²) in [5.74, 6) is 4.67. The molecule has 0 unspecified atom stereocenters. The lowest BCUT2D eigenvalue weighted by Gasteiger charge is -2.00. The second kappa shape index (κ2) is 7.52. The lowest BCUT2D eigenvalue weighted by atomic mass is 10.1. The van der Waals surface area contributed by atoms with Crippen LogP contribution in [0.4, 0.5) is 0 Å². The van der Waals surface area contributed by atoms with Crippen molar-refractivity contribution in [3.8, 4) is 0 Å². The second-order valence-corrected chi connectivity index (χ2v) is 4.03. The van der Waals surface area contributed by atoms with Crippen molar-refractivity contribution >= 4 is 11.7 Å². The molecule has 0 saturated heterocycles. The van der Waals surface area contributed by atoms with Crippen LogP contribution in [0, 0.1) is 0 Å². The van der Waals surface area contributed by atoms with Crippen molar-refractivity contribution in [3.63, 3.8) is 0 Å². The minimum Gasteiger partial charge on any atom is -1.00 e. The Kier molecular flexibility index (Phi) is 6.02. The third-order valence-corrected chi connectivity index (χ3v) is 2.67. The average Bonchev–Trinajstić information content (AvgIpc) is 2.47. The van der Waals surface area contributed by atoms with Crippen molar-refractivity contribution in [1.82, 2.24) is 5.43 Å². The number of hydrogen-bond acceptors (Lipinski definition) is 3. The number of hydrogen-bond donors (Lipinski definition) is 2. The first-order valence-corrected chi connectivity index (χ1v) is 5.79. The first kappa shape index (κ1) is 16.0. The van der Waals surface area contributed by atoms with Crippen molar-refractivity contribution in [3.05, 3.63) is 66.0 Å². The van der Waals surface area contributed by atoms with Crippen molar-refractivity contribution in [2.75, 3.05) is 0 Å². The van der Waals surface area contributed by atoms with Gasteiger partial charge in [-0.15, -0.1) is 0 Å². The zero-order chi connectivity index (χ0) is 13.7. The van der Waals surface area contributed by atoms with Gasteiger partial charge in [-0.3, -0.25) is 15.0 Å². The Bertz CT molecular complexity index is 602. The molecule has 0 aliphatic rings. The van der Waals surface area contributed by atoms with Crippen molar-refractivity contribution in [2.45, 2.75) is 6.54 Å². The number of aromatic nitrogens is 1. The van der Waals surface area contributed by atoms with E-state index in [9.17, 15) is 9.59 Å². The van der Waals surface area contributed by atoms with Crippen LogP contribution in [0.3, 0.4) is 0 Å². The monoisotopic (exact) mass is 335 g/mol. The van der Waals surface area contributed by atoms with Gasteiger partial charge in [-0.25, -0.2) is 5.84 Å². The molecule has 0 saturated carbocycles. The van der Waals surface area contributed by atoms with Gasteiger partial charge >= 0.3 is 0 Å². The van der Waals surface area contributed by atoms with Crippen LogP contribution in [0.25, 0.3) is 0 Å². The normalized spacial score (nSPS) is 9.45. The number of nitrogens with two attached hydrogens (primary N) is 1. The number of carbonyl (C=O) groups is 2.